The molecular weight excluding hydrogens is 1950 g/mol. The normalized spacial score (nSPS) is 28.2. The number of halogens is 2. The van der Waals surface area contributed by atoms with Gasteiger partial charge in [-0.15, -0.1) is 0 Å². The van der Waals surface area contributed by atoms with E-state index in [2.05, 4.69) is 65.4 Å². The molecule has 31 N–H and O–H groups in total. The Bertz CT molecular complexity index is 5290. The zero-order valence-electron chi connectivity index (χ0n) is 80.6. The van der Waals surface area contributed by atoms with Crippen LogP contribution in [-0.4, -0.2) is 339 Å². The van der Waals surface area contributed by atoms with Crippen LogP contribution >= 0.6 is 23.2 Å². The summed E-state index contributed by atoms with van der Waals surface area (Å²) in [5.41, 5.74) is 0.608. The Hall–Kier alpha value is -10.2. The maximum absolute atomic E-state index is 16.6. The molecule has 8 heterocycles. The number of carboxylic acids is 1. The Balaban J connectivity index is 1.01. The van der Waals surface area contributed by atoms with E-state index in [-0.39, 0.29) is 68.0 Å². The minimum Gasteiger partial charge on any atom is -0.507 e. The van der Waals surface area contributed by atoms with Crippen LogP contribution in [0.25, 0.3) is 11.1 Å². The average Bonchev–Trinajstić information content (AvgIpc) is 0.753. The van der Waals surface area contributed by atoms with E-state index in [1.54, 1.807) is 20.8 Å². The van der Waals surface area contributed by atoms with Crippen molar-refractivity contribution in [3.63, 3.8) is 0 Å². The molecule has 11 bridgehead atoms. The van der Waals surface area contributed by atoms with Gasteiger partial charge in [0.2, 0.25) is 53.4 Å². The Morgan fingerprint density at radius 2 is 1.23 bits per heavy atom. The number of aliphatic hydroxyl groups is 14. The highest BCUT2D eigenvalue weighted by molar-refractivity contribution is 6.32. The number of nitrogens with one attached hydrogen (secondary N) is 11. The van der Waals surface area contributed by atoms with E-state index in [1.807, 2.05) is 6.92 Å². The lowest BCUT2D eigenvalue weighted by Gasteiger charge is -2.49. The molecule has 8 aliphatic rings. The molecule has 49 heteroatoms. The lowest BCUT2D eigenvalue weighted by atomic mass is 9.81. The Morgan fingerprint density at radius 1 is 0.614 bits per heavy atom. The predicted molar refractivity (Wildman–Crippen MR) is 511 cm³/mol. The summed E-state index contributed by atoms with van der Waals surface area (Å²) in [5, 5.41) is 233. The number of rotatable bonds is 42. The molecule has 0 radical (unpaired) electrons. The van der Waals surface area contributed by atoms with Crippen LogP contribution in [0.1, 0.15) is 188 Å². The monoisotopic (exact) mass is 2080 g/mol. The summed E-state index contributed by atoms with van der Waals surface area (Å²) in [6, 6.07) is -2.69. The second kappa shape index (κ2) is 52.6. The van der Waals surface area contributed by atoms with Gasteiger partial charge in [-0.2, -0.15) is 0 Å². The summed E-state index contributed by atoms with van der Waals surface area (Å²) in [6.07, 6.45) is -28.3. The number of primary amides is 1. The summed E-state index contributed by atoms with van der Waals surface area (Å²) in [6.45, 7) is 6.89. The first-order chi connectivity index (χ1) is 69.0. The molecule has 8 amide bonds. The molecule has 3 saturated heterocycles. The van der Waals surface area contributed by atoms with Crippen molar-refractivity contribution in [2.45, 2.75) is 295 Å². The molecule has 0 saturated carbocycles. The molecule has 8 aliphatic heterocycles. The summed E-state index contributed by atoms with van der Waals surface area (Å²) >= 11 is 14.4. The van der Waals surface area contributed by atoms with Crippen LogP contribution in [0.2, 0.25) is 10.0 Å². The maximum atomic E-state index is 16.6. The van der Waals surface area contributed by atoms with Gasteiger partial charge in [-0.25, -0.2) is 4.79 Å². The number of phenolic OH excluding ortho intramolecular Hbond substituents is 3. The molecule has 802 valence electrons. The Labute approximate surface area is 843 Å². The van der Waals surface area contributed by atoms with Crippen molar-refractivity contribution in [3.8, 4) is 57.1 Å². The van der Waals surface area contributed by atoms with Crippen molar-refractivity contribution in [3.05, 3.63) is 116 Å². The quantitative estimate of drug-likeness (QED) is 0.0190. The number of carbonyl (C=O) groups excluding carboxylic acids is 8. The molecule has 47 nitrogen and oxygen atoms in total. The molecule has 5 aromatic carbocycles. The zero-order valence-corrected chi connectivity index (χ0v) is 82.1. The number of carbonyl (C=O) groups is 9. The van der Waals surface area contributed by atoms with E-state index in [4.69, 9.17) is 66.8 Å². The number of unbranched alkanes of at least 4 members (excludes halogenated alkanes) is 7. The number of hydrogen-bond donors (Lipinski definition) is 30. The first kappa shape index (κ1) is 115. The number of likely N-dealkylation sites (N-methyl/N-ethyl adjacent to an activating group) is 1. The zero-order chi connectivity index (χ0) is 106. The summed E-state index contributed by atoms with van der Waals surface area (Å²) in [7, 11) is 1.46. The maximum Gasteiger partial charge on any atom is 0.330 e. The highest BCUT2D eigenvalue weighted by Crippen LogP contribution is 2.51. The number of ether oxygens (including phenoxy) is 8. The number of fused-ring (bicyclic) bond motifs is 15. The largest absolute Gasteiger partial charge is 0.507 e. The van der Waals surface area contributed by atoms with Crippen LogP contribution in [0.15, 0.2) is 72.8 Å². The summed E-state index contributed by atoms with van der Waals surface area (Å²) in [4.78, 5) is 134. The summed E-state index contributed by atoms with van der Waals surface area (Å²) in [5.74, 6) is -18.6. The van der Waals surface area contributed by atoms with Gasteiger partial charge in [0.15, 0.2) is 42.3 Å². The van der Waals surface area contributed by atoms with Crippen LogP contribution in [0.5, 0.6) is 46.0 Å². The molecule has 13 rings (SSSR count). The Kier molecular flexibility index (Phi) is 41.7. The van der Waals surface area contributed by atoms with Gasteiger partial charge in [-0.1, -0.05) is 114 Å². The number of aromatic hydroxyl groups is 3. The van der Waals surface area contributed by atoms with Gasteiger partial charge in [-0.05, 0) is 142 Å². The van der Waals surface area contributed by atoms with E-state index in [1.165, 1.54) is 38.4 Å². The van der Waals surface area contributed by atoms with E-state index in [0.29, 0.717) is 13.1 Å². The SMILES string of the molecule is CCCCCCCCCCNCCNC1(CC)C[C@H](O[C@H]2C(Oc3c4cc5cc3Oc3ccc(cc3Cl)[C@@H](O)[C@@H](NC(=O)[C@@H](CC(C)C)NC)C(=O)N[C@@H](CC(N)=O)C(=O)N[C@H]5C(=O)N[C@H]3C(=O)N[C@H](C(=O)N[C@H](C(=O)O)c5cc(O)c(CNCCCNC(=O)[C@H](O)[C@@H](O)[C@H](O[C@@H]6OC(CCO)[C@H](O)[C@H](O)C6O)[C@H](O)CO)c(O)c5-c5cc3ccc5O)[C@H](O)c3ccc(c(Cl)c3)O4)O[C@H](CO)C(O)C2O)OC(C)[C@H]1O. The number of nitrogens with two attached hydrogens (primary N) is 1. The number of hydrogen-bond acceptors (Lipinski definition) is 38. The van der Waals surface area contributed by atoms with Crippen LogP contribution in [-0.2, 0) is 73.4 Å². The first-order valence-electron chi connectivity index (χ1n) is 48.3. The highest BCUT2D eigenvalue weighted by atomic mass is 35.5. The number of aliphatic carboxylic acids is 1. The molecule has 3 fully saturated rings. The van der Waals surface area contributed by atoms with Crippen molar-refractivity contribution < 1.29 is 173 Å². The molecule has 27 atom stereocenters. The third-order valence-corrected chi connectivity index (χ3v) is 27.1. The Morgan fingerprint density at radius 3 is 1.84 bits per heavy atom. The first-order valence-corrected chi connectivity index (χ1v) is 49.0. The van der Waals surface area contributed by atoms with E-state index < -0.39 is 334 Å². The molecule has 0 aromatic heterocycles. The molecule has 0 aliphatic carbocycles. The van der Waals surface area contributed by atoms with Crippen molar-refractivity contribution in [2.75, 3.05) is 59.6 Å². The standard InChI is InChI=1S/C96H134Cl2N12O35/c1-7-9-10-11-12-13-14-15-24-101-27-28-104-96(8-2)38-65(138-43(5)85(96)128)143-84-78(124)76(122)63(41-113)142-95(84)145-83-61-34-47-35-62(83)140-59-22-19-46(33-52(59)98)73(119)71-91(134)108-69(93(136)137)49-36-56(115)50(39-102-25-16-26-103-92(135)80(126)79(125)82(57(116)40-112)144-94-81(127)77(123)75(121)60(141-94)23-29-111)74(120)66(49)48-31-44(17-20-55(48)114)67(88(131)110-71)107-89(132)68(47)106-87(130)54(37-64(99)117)105-90(133)70(109-86(129)53(100-6)30-42(3)4)72(118)45-18-21-58(139-61)51(97)32-45/h17-22,31-36,42-43,53-54,57,60,63,65,67-73,75-82,84-85,94-95,100-102,104,111-116,118-128H,7-16,23-30,37-41H2,1-6H3,(H2,99,117)(H,103,135)(H,105,133)(H,106,130)(H,107,132)(H,108,134)(H,109,129)(H,110,131)(H,136,137)/t43?,53-,54+,57-,60?,63-,65+,67-,68-,69+,70-,71+,72-,73-,75+,76?,77+,78?,79-,80-,81?,82-,84-,85-,94+,95?,96?/m1/s1. The molecule has 0 spiro atoms. The fourth-order valence-corrected chi connectivity index (χ4v) is 18.7. The van der Waals surface area contributed by atoms with Crippen LogP contribution in [0.4, 0.5) is 0 Å². The van der Waals surface area contributed by atoms with Gasteiger partial charge in [0.25, 0.3) is 5.91 Å². The van der Waals surface area contributed by atoms with Gasteiger partial charge >= 0.3 is 5.97 Å². The van der Waals surface area contributed by atoms with E-state index >= 15 is 24.0 Å². The molecule has 145 heavy (non-hydrogen) atoms. The van der Waals surface area contributed by atoms with E-state index in [0.717, 1.165) is 99.3 Å². The van der Waals surface area contributed by atoms with Crippen LogP contribution < -0.4 is 78.4 Å². The number of aliphatic hydroxyl groups excluding tert-OH is 14. The lowest BCUT2D eigenvalue weighted by Crippen LogP contribution is -2.66. The van der Waals surface area contributed by atoms with Gasteiger partial charge in [-0.3, -0.25) is 38.4 Å². The lowest BCUT2D eigenvalue weighted by molar-refractivity contribution is -0.335. The molecule has 7 unspecified atom stereocenters. The predicted octanol–water partition coefficient (Wildman–Crippen LogP) is -1.90. The van der Waals surface area contributed by atoms with Gasteiger partial charge in [0, 0.05) is 55.9 Å². The smallest absolute Gasteiger partial charge is 0.330 e. The van der Waals surface area contributed by atoms with Crippen LogP contribution in [0.3, 0.4) is 0 Å². The van der Waals surface area contributed by atoms with Gasteiger partial charge < -0.3 is 194 Å². The van der Waals surface area contributed by atoms with Gasteiger partial charge in [0.1, 0.15) is 126 Å². The minimum absolute atomic E-state index is 0.105. The minimum atomic E-state index is -2.46. The number of benzene rings is 5. The summed E-state index contributed by atoms with van der Waals surface area (Å²) < 4.78 is 50.7. The van der Waals surface area contributed by atoms with Crippen molar-refractivity contribution in [1.29, 1.82) is 0 Å². The molecule has 5 aromatic rings. The second-order valence-corrected chi connectivity index (χ2v) is 38.1. The van der Waals surface area contributed by atoms with E-state index in [9.17, 15) is 111 Å². The number of phenols is 3. The highest BCUT2D eigenvalue weighted by Gasteiger charge is 2.54. The fourth-order valence-electron chi connectivity index (χ4n) is 18.3. The van der Waals surface area contributed by atoms with Crippen molar-refractivity contribution in [2.24, 2.45) is 11.7 Å². The average molecular weight is 2090 g/mol. The number of amides is 8. The van der Waals surface area contributed by atoms with Crippen molar-refractivity contribution >= 4 is 76.4 Å². The topological polar surface area (TPSA) is 750 Å². The van der Waals surface area contributed by atoms with Crippen LogP contribution in [0, 0.1) is 5.92 Å². The molecular formula is C96H134Cl2N12O35. The third kappa shape index (κ3) is 28.1. The second-order valence-electron chi connectivity index (χ2n) is 37.3. The fraction of sp³-hybridized carbons (Fsp3) is 0.594. The van der Waals surface area contributed by atoms with Gasteiger partial charge in [0.05, 0.1) is 65.1 Å². The third-order valence-electron chi connectivity index (χ3n) is 26.5. The van der Waals surface area contributed by atoms with Crippen molar-refractivity contribution in [1.82, 2.24) is 58.5 Å². The number of carboxylic acid groups (broad SMARTS) is 1.